The monoisotopic (exact) mass is 292 g/mol. The molecular formula is C16H24N2O3. The number of aromatic hydroxyl groups is 1. The van der Waals surface area contributed by atoms with Crippen LogP contribution in [0.5, 0.6) is 5.75 Å². The molecule has 21 heavy (non-hydrogen) atoms. The molecule has 0 spiro atoms. The number of ether oxygens (including phenoxy) is 1. The standard InChI is InChI=1S/C16H24N2O3/c1-12(11-14-3-5-15(19)6-4-14)17-13(2)16(20)18-7-9-21-10-8-18/h3-6,12-13,17,19H,7-11H2,1-2H3. The van der Waals surface area contributed by atoms with Crippen LogP contribution in [0.3, 0.4) is 0 Å². The Morgan fingerprint density at radius 2 is 1.90 bits per heavy atom. The highest BCUT2D eigenvalue weighted by atomic mass is 16.5. The van der Waals surface area contributed by atoms with Gasteiger partial charge in [-0.05, 0) is 38.0 Å². The van der Waals surface area contributed by atoms with Crippen LogP contribution in [0, 0.1) is 0 Å². The topological polar surface area (TPSA) is 61.8 Å². The molecule has 0 radical (unpaired) electrons. The van der Waals surface area contributed by atoms with Crippen molar-refractivity contribution in [3.05, 3.63) is 29.8 Å². The van der Waals surface area contributed by atoms with E-state index in [2.05, 4.69) is 12.2 Å². The van der Waals surface area contributed by atoms with Crippen molar-refractivity contribution in [2.24, 2.45) is 0 Å². The van der Waals surface area contributed by atoms with Crippen molar-refractivity contribution in [3.8, 4) is 5.75 Å². The third-order valence-corrected chi connectivity index (χ3v) is 3.71. The molecule has 1 saturated heterocycles. The van der Waals surface area contributed by atoms with Gasteiger partial charge in [-0.15, -0.1) is 0 Å². The third-order valence-electron chi connectivity index (χ3n) is 3.71. The van der Waals surface area contributed by atoms with E-state index in [1.54, 1.807) is 12.1 Å². The van der Waals surface area contributed by atoms with Gasteiger partial charge in [0.05, 0.1) is 19.3 Å². The summed E-state index contributed by atoms with van der Waals surface area (Å²) in [6.07, 6.45) is 0.820. The molecule has 1 aromatic rings. The maximum atomic E-state index is 12.3. The average molecular weight is 292 g/mol. The summed E-state index contributed by atoms with van der Waals surface area (Å²) in [5.74, 6) is 0.408. The van der Waals surface area contributed by atoms with Gasteiger partial charge in [0.2, 0.25) is 5.91 Å². The molecule has 0 aromatic heterocycles. The van der Waals surface area contributed by atoms with Crippen LogP contribution in [-0.2, 0) is 16.0 Å². The number of rotatable bonds is 5. The van der Waals surface area contributed by atoms with Crippen LogP contribution in [0.15, 0.2) is 24.3 Å². The second-order valence-electron chi connectivity index (χ2n) is 5.60. The van der Waals surface area contributed by atoms with E-state index in [0.717, 1.165) is 12.0 Å². The van der Waals surface area contributed by atoms with Crippen molar-refractivity contribution >= 4 is 5.91 Å². The lowest BCUT2D eigenvalue weighted by molar-refractivity contribution is -0.137. The zero-order chi connectivity index (χ0) is 15.2. The molecule has 1 aromatic carbocycles. The minimum absolute atomic E-state index is 0.135. The molecule has 5 nitrogen and oxygen atoms in total. The maximum Gasteiger partial charge on any atom is 0.239 e. The van der Waals surface area contributed by atoms with E-state index < -0.39 is 0 Å². The first kappa shape index (κ1) is 15.8. The predicted molar refractivity (Wildman–Crippen MR) is 81.3 cm³/mol. The zero-order valence-corrected chi connectivity index (χ0v) is 12.7. The van der Waals surface area contributed by atoms with Crippen LogP contribution in [-0.4, -0.2) is 54.3 Å². The number of nitrogens with zero attached hydrogens (tertiary/aromatic N) is 1. The normalized spacial score (nSPS) is 18.3. The fourth-order valence-electron chi connectivity index (χ4n) is 2.60. The van der Waals surface area contributed by atoms with Gasteiger partial charge in [0.1, 0.15) is 5.75 Å². The lowest BCUT2D eigenvalue weighted by atomic mass is 10.1. The molecule has 2 rings (SSSR count). The number of phenolic OH excluding ortho intramolecular Hbond substituents is 1. The second-order valence-corrected chi connectivity index (χ2v) is 5.60. The molecule has 5 heteroatoms. The number of phenols is 1. The van der Waals surface area contributed by atoms with Crippen molar-refractivity contribution in [1.82, 2.24) is 10.2 Å². The lowest BCUT2D eigenvalue weighted by Gasteiger charge is -2.30. The lowest BCUT2D eigenvalue weighted by Crippen LogP contribution is -2.51. The molecule has 0 bridgehead atoms. The van der Waals surface area contributed by atoms with E-state index in [4.69, 9.17) is 4.74 Å². The van der Waals surface area contributed by atoms with Crippen molar-refractivity contribution in [2.75, 3.05) is 26.3 Å². The number of nitrogens with one attached hydrogen (secondary N) is 1. The second kappa shape index (κ2) is 7.43. The van der Waals surface area contributed by atoms with Crippen molar-refractivity contribution in [1.29, 1.82) is 0 Å². The first-order valence-corrected chi connectivity index (χ1v) is 7.47. The molecule has 1 aliphatic rings. The van der Waals surface area contributed by atoms with E-state index in [0.29, 0.717) is 26.3 Å². The number of morpholine rings is 1. The Bertz CT molecular complexity index is 455. The van der Waals surface area contributed by atoms with Crippen LogP contribution in [0.2, 0.25) is 0 Å². The van der Waals surface area contributed by atoms with Gasteiger partial charge in [-0.3, -0.25) is 4.79 Å². The molecule has 116 valence electrons. The van der Waals surface area contributed by atoms with Crippen LogP contribution in [0.25, 0.3) is 0 Å². The zero-order valence-electron chi connectivity index (χ0n) is 12.7. The molecule has 1 amide bonds. The smallest absolute Gasteiger partial charge is 0.239 e. The summed E-state index contributed by atoms with van der Waals surface area (Å²) in [4.78, 5) is 14.2. The number of benzene rings is 1. The SMILES string of the molecule is CC(Cc1ccc(O)cc1)NC(C)C(=O)N1CCOCC1. The molecule has 2 unspecified atom stereocenters. The van der Waals surface area contributed by atoms with Crippen LogP contribution in [0.1, 0.15) is 19.4 Å². The van der Waals surface area contributed by atoms with Gasteiger partial charge in [-0.25, -0.2) is 0 Å². The van der Waals surface area contributed by atoms with Crippen molar-refractivity contribution < 1.29 is 14.6 Å². The van der Waals surface area contributed by atoms with Gasteiger partial charge in [-0.2, -0.15) is 0 Å². The fourth-order valence-corrected chi connectivity index (χ4v) is 2.60. The van der Waals surface area contributed by atoms with E-state index in [1.165, 1.54) is 0 Å². The highest BCUT2D eigenvalue weighted by Crippen LogP contribution is 2.11. The fraction of sp³-hybridized carbons (Fsp3) is 0.562. The number of carbonyl (C=O) groups is 1. The molecular weight excluding hydrogens is 268 g/mol. The van der Waals surface area contributed by atoms with Gasteiger partial charge in [0.15, 0.2) is 0 Å². The Kier molecular flexibility index (Phi) is 5.59. The molecule has 1 aliphatic heterocycles. The molecule has 0 saturated carbocycles. The predicted octanol–water partition coefficient (Wildman–Crippen LogP) is 1.16. The molecule has 0 aliphatic carbocycles. The average Bonchev–Trinajstić information content (AvgIpc) is 2.49. The van der Waals surface area contributed by atoms with Crippen LogP contribution >= 0.6 is 0 Å². The Labute approximate surface area is 125 Å². The van der Waals surface area contributed by atoms with E-state index in [1.807, 2.05) is 24.0 Å². The Morgan fingerprint density at radius 3 is 2.52 bits per heavy atom. The minimum atomic E-state index is -0.199. The Balaban J connectivity index is 1.82. The summed E-state index contributed by atoms with van der Waals surface area (Å²) in [5.41, 5.74) is 1.14. The number of hydrogen-bond donors (Lipinski definition) is 2. The Hall–Kier alpha value is -1.59. The van der Waals surface area contributed by atoms with E-state index in [9.17, 15) is 9.90 Å². The first-order valence-electron chi connectivity index (χ1n) is 7.47. The number of amides is 1. The van der Waals surface area contributed by atoms with Gasteiger partial charge in [-0.1, -0.05) is 12.1 Å². The van der Waals surface area contributed by atoms with Crippen LogP contribution in [0.4, 0.5) is 0 Å². The molecule has 1 heterocycles. The largest absolute Gasteiger partial charge is 0.508 e. The summed E-state index contributed by atoms with van der Waals surface area (Å²) < 4.78 is 5.26. The third kappa shape index (κ3) is 4.72. The summed E-state index contributed by atoms with van der Waals surface area (Å²) >= 11 is 0. The van der Waals surface area contributed by atoms with Gasteiger partial charge in [0.25, 0.3) is 0 Å². The van der Waals surface area contributed by atoms with Gasteiger partial charge >= 0.3 is 0 Å². The summed E-state index contributed by atoms with van der Waals surface area (Å²) in [5, 5.41) is 12.6. The first-order chi connectivity index (χ1) is 10.1. The highest BCUT2D eigenvalue weighted by Gasteiger charge is 2.23. The van der Waals surface area contributed by atoms with Crippen LogP contribution < -0.4 is 5.32 Å². The molecule has 1 fully saturated rings. The summed E-state index contributed by atoms with van der Waals surface area (Å²) in [6, 6.07) is 7.17. The van der Waals surface area contributed by atoms with Crippen molar-refractivity contribution in [2.45, 2.75) is 32.4 Å². The quantitative estimate of drug-likeness (QED) is 0.855. The minimum Gasteiger partial charge on any atom is -0.508 e. The maximum absolute atomic E-state index is 12.3. The van der Waals surface area contributed by atoms with E-state index in [-0.39, 0.29) is 23.7 Å². The van der Waals surface area contributed by atoms with Crippen molar-refractivity contribution in [3.63, 3.8) is 0 Å². The van der Waals surface area contributed by atoms with Gasteiger partial charge < -0.3 is 20.1 Å². The summed E-state index contributed by atoms with van der Waals surface area (Å²) in [7, 11) is 0. The molecule has 2 N–H and O–H groups in total. The highest BCUT2D eigenvalue weighted by molar-refractivity contribution is 5.81. The molecule has 2 atom stereocenters. The van der Waals surface area contributed by atoms with Gasteiger partial charge in [0, 0.05) is 19.1 Å². The number of carbonyl (C=O) groups excluding carboxylic acids is 1. The number of hydrogen-bond acceptors (Lipinski definition) is 4. The Morgan fingerprint density at radius 1 is 1.29 bits per heavy atom. The van der Waals surface area contributed by atoms with E-state index >= 15 is 0 Å². The summed E-state index contributed by atoms with van der Waals surface area (Å²) in [6.45, 7) is 6.58.